The van der Waals surface area contributed by atoms with Gasteiger partial charge in [0.15, 0.2) is 0 Å². The van der Waals surface area contributed by atoms with Gasteiger partial charge in [0.2, 0.25) is 0 Å². The molecule has 0 aromatic rings. The number of carbonyl (C=O) groups is 2. The van der Waals surface area contributed by atoms with Gasteiger partial charge in [-0.25, -0.2) is 4.79 Å². The minimum absolute atomic E-state index is 0.0533. The average molecular weight is 242 g/mol. The Morgan fingerprint density at radius 1 is 1.41 bits per heavy atom. The lowest BCUT2D eigenvalue weighted by molar-refractivity contribution is -0.148. The van der Waals surface area contributed by atoms with Gasteiger partial charge in [0.1, 0.15) is 6.61 Å². The van der Waals surface area contributed by atoms with Crippen molar-refractivity contribution >= 4 is 11.9 Å². The van der Waals surface area contributed by atoms with Gasteiger partial charge >= 0.3 is 11.9 Å². The highest BCUT2D eigenvalue weighted by Gasteiger charge is 2.17. The summed E-state index contributed by atoms with van der Waals surface area (Å²) in [6, 6.07) is 0. The third-order valence-electron chi connectivity index (χ3n) is 2.39. The van der Waals surface area contributed by atoms with Gasteiger partial charge in [-0.2, -0.15) is 0 Å². The van der Waals surface area contributed by atoms with Crippen LogP contribution in [-0.4, -0.2) is 37.9 Å². The highest BCUT2D eigenvalue weighted by atomic mass is 16.6. The zero-order valence-electron chi connectivity index (χ0n) is 9.85. The molecule has 0 aromatic carbocycles. The second kappa shape index (κ2) is 7.84. The lowest BCUT2D eigenvalue weighted by Crippen LogP contribution is -2.18. The van der Waals surface area contributed by atoms with Gasteiger partial charge in [0.05, 0.1) is 12.7 Å². The van der Waals surface area contributed by atoms with E-state index in [1.807, 2.05) is 0 Å². The molecule has 5 heteroatoms. The minimum atomic E-state index is -0.474. The monoisotopic (exact) mass is 242 g/mol. The van der Waals surface area contributed by atoms with E-state index in [4.69, 9.17) is 14.2 Å². The Hall–Kier alpha value is -1.36. The van der Waals surface area contributed by atoms with Crippen molar-refractivity contribution in [2.24, 2.45) is 0 Å². The van der Waals surface area contributed by atoms with E-state index in [0.717, 1.165) is 25.5 Å². The largest absolute Gasteiger partial charge is 0.463 e. The van der Waals surface area contributed by atoms with Gasteiger partial charge in [0.25, 0.3) is 0 Å². The molecule has 1 atom stereocenters. The van der Waals surface area contributed by atoms with E-state index in [1.165, 1.54) is 0 Å². The van der Waals surface area contributed by atoms with Crippen LogP contribution in [0.25, 0.3) is 0 Å². The number of carbonyl (C=O) groups excluding carboxylic acids is 2. The quantitative estimate of drug-likeness (QED) is 0.381. The summed E-state index contributed by atoms with van der Waals surface area (Å²) in [5, 5.41) is 0. The maximum atomic E-state index is 11.3. The molecule has 0 amide bonds. The second-order valence-corrected chi connectivity index (χ2v) is 3.79. The zero-order valence-corrected chi connectivity index (χ0v) is 9.85. The molecule has 1 fully saturated rings. The molecule has 96 valence electrons. The van der Waals surface area contributed by atoms with E-state index in [2.05, 4.69) is 6.58 Å². The van der Waals surface area contributed by atoms with E-state index in [-0.39, 0.29) is 25.1 Å². The number of rotatable bonds is 7. The molecule has 0 radical (unpaired) electrons. The molecule has 0 bridgehead atoms. The molecule has 0 aromatic heterocycles. The van der Waals surface area contributed by atoms with Gasteiger partial charge in [-0.3, -0.25) is 4.79 Å². The molecule has 0 N–H and O–H groups in total. The minimum Gasteiger partial charge on any atom is -0.463 e. The van der Waals surface area contributed by atoms with Gasteiger partial charge in [-0.15, -0.1) is 0 Å². The zero-order chi connectivity index (χ0) is 12.5. The Labute approximate surface area is 101 Å². The van der Waals surface area contributed by atoms with Gasteiger partial charge < -0.3 is 14.2 Å². The summed E-state index contributed by atoms with van der Waals surface area (Å²) >= 11 is 0. The van der Waals surface area contributed by atoms with Crippen LogP contribution in [0, 0.1) is 0 Å². The lowest BCUT2D eigenvalue weighted by atomic mass is 10.2. The first-order chi connectivity index (χ1) is 8.22. The van der Waals surface area contributed by atoms with Crippen molar-refractivity contribution in [2.45, 2.75) is 31.8 Å². The molecular formula is C12H18O5. The molecule has 1 aliphatic rings. The number of hydrogen-bond acceptors (Lipinski definition) is 5. The molecule has 1 rings (SSSR count). The predicted octanol–water partition coefficient (Wildman–Crippen LogP) is 1.22. The number of ether oxygens (including phenoxy) is 3. The Morgan fingerprint density at radius 3 is 2.88 bits per heavy atom. The Bertz CT molecular complexity index is 268. The van der Waals surface area contributed by atoms with E-state index in [0.29, 0.717) is 13.0 Å². The van der Waals surface area contributed by atoms with Crippen LogP contribution in [0.15, 0.2) is 12.7 Å². The molecule has 0 aliphatic carbocycles. The summed E-state index contributed by atoms with van der Waals surface area (Å²) < 4.78 is 15.1. The maximum absolute atomic E-state index is 11.3. The summed E-state index contributed by atoms with van der Waals surface area (Å²) in [5.74, 6) is -0.757. The summed E-state index contributed by atoms with van der Waals surface area (Å²) in [7, 11) is 0. The predicted molar refractivity (Wildman–Crippen MR) is 60.3 cm³/mol. The summed E-state index contributed by atoms with van der Waals surface area (Å²) in [5.41, 5.74) is 0. The van der Waals surface area contributed by atoms with Crippen molar-refractivity contribution in [2.75, 3.05) is 19.8 Å². The van der Waals surface area contributed by atoms with E-state index < -0.39 is 5.97 Å². The van der Waals surface area contributed by atoms with Crippen molar-refractivity contribution in [3.05, 3.63) is 12.7 Å². The van der Waals surface area contributed by atoms with Crippen molar-refractivity contribution in [1.82, 2.24) is 0 Å². The van der Waals surface area contributed by atoms with E-state index >= 15 is 0 Å². The second-order valence-electron chi connectivity index (χ2n) is 3.79. The van der Waals surface area contributed by atoms with Crippen LogP contribution in [0.4, 0.5) is 0 Å². The number of hydrogen-bond donors (Lipinski definition) is 0. The van der Waals surface area contributed by atoms with E-state index in [1.54, 1.807) is 0 Å². The first-order valence-corrected chi connectivity index (χ1v) is 5.79. The molecule has 0 saturated carbocycles. The van der Waals surface area contributed by atoms with Crippen LogP contribution >= 0.6 is 0 Å². The summed E-state index contributed by atoms with van der Waals surface area (Å²) in [6.45, 7) is 4.55. The van der Waals surface area contributed by atoms with Gasteiger partial charge in [0, 0.05) is 19.1 Å². The van der Waals surface area contributed by atoms with Crippen molar-refractivity contribution in [1.29, 1.82) is 0 Å². The third-order valence-corrected chi connectivity index (χ3v) is 2.39. The van der Waals surface area contributed by atoms with Crippen molar-refractivity contribution < 1.29 is 23.8 Å². The standard InChI is InChI=1S/C12H18O5/c1-2-11(13)16-8-4-6-12(14)17-9-10-5-3-7-15-10/h2,10H,1,3-9H2. The Kier molecular flexibility index (Phi) is 6.32. The SMILES string of the molecule is C=CC(=O)OCCCC(=O)OCC1CCCO1. The molecule has 1 aliphatic heterocycles. The number of esters is 2. The molecule has 1 unspecified atom stereocenters. The Balaban J connectivity index is 1.97. The van der Waals surface area contributed by atoms with Gasteiger partial charge in [-0.1, -0.05) is 6.58 Å². The van der Waals surface area contributed by atoms with E-state index in [9.17, 15) is 9.59 Å². The smallest absolute Gasteiger partial charge is 0.330 e. The highest BCUT2D eigenvalue weighted by molar-refractivity contribution is 5.81. The fourth-order valence-electron chi connectivity index (χ4n) is 1.48. The molecule has 1 heterocycles. The van der Waals surface area contributed by atoms with Gasteiger partial charge in [-0.05, 0) is 19.3 Å². The summed E-state index contributed by atoms with van der Waals surface area (Å²) in [4.78, 5) is 22.0. The molecule has 17 heavy (non-hydrogen) atoms. The van der Waals surface area contributed by atoms with Crippen LogP contribution in [-0.2, 0) is 23.8 Å². The topological polar surface area (TPSA) is 61.8 Å². The van der Waals surface area contributed by atoms with Crippen molar-refractivity contribution in [3.63, 3.8) is 0 Å². The molecular weight excluding hydrogens is 224 g/mol. The highest BCUT2D eigenvalue weighted by Crippen LogP contribution is 2.12. The fraction of sp³-hybridized carbons (Fsp3) is 0.667. The normalized spacial score (nSPS) is 18.7. The van der Waals surface area contributed by atoms with Crippen LogP contribution in [0.5, 0.6) is 0 Å². The van der Waals surface area contributed by atoms with Crippen LogP contribution < -0.4 is 0 Å². The molecule has 5 nitrogen and oxygen atoms in total. The maximum Gasteiger partial charge on any atom is 0.330 e. The average Bonchev–Trinajstić information content (AvgIpc) is 2.84. The van der Waals surface area contributed by atoms with Crippen molar-refractivity contribution in [3.8, 4) is 0 Å². The summed E-state index contributed by atoms with van der Waals surface area (Å²) in [6.07, 6.45) is 3.83. The first kappa shape index (κ1) is 13.7. The Morgan fingerprint density at radius 2 is 2.24 bits per heavy atom. The van der Waals surface area contributed by atoms with Crippen LogP contribution in [0.2, 0.25) is 0 Å². The molecule has 0 spiro atoms. The fourth-order valence-corrected chi connectivity index (χ4v) is 1.48. The lowest BCUT2D eigenvalue weighted by Gasteiger charge is -2.09. The van der Waals surface area contributed by atoms with Crippen LogP contribution in [0.1, 0.15) is 25.7 Å². The van der Waals surface area contributed by atoms with Crippen LogP contribution in [0.3, 0.4) is 0 Å². The third kappa shape index (κ3) is 6.06. The first-order valence-electron chi connectivity index (χ1n) is 5.79. The molecule has 1 saturated heterocycles.